The molecule has 0 nitrogen and oxygen atoms in total. The minimum absolute atomic E-state index is 1.28. The molecule has 0 saturated carbocycles. The predicted molar refractivity (Wildman–Crippen MR) is 175 cm³/mol. The third-order valence-electron chi connectivity index (χ3n) is 7.64. The van der Waals surface area contributed by atoms with Gasteiger partial charge in [-0.05, 0) is 0 Å². The Labute approximate surface area is 243 Å². The Kier molecular flexibility index (Phi) is 7.54. The van der Waals surface area contributed by atoms with E-state index in [-0.39, 0.29) is 0 Å². The number of rotatable bonds is 6. The third kappa shape index (κ3) is 4.97. The van der Waals surface area contributed by atoms with Gasteiger partial charge in [0.25, 0.3) is 0 Å². The van der Waals surface area contributed by atoms with Crippen LogP contribution in [0, 0.1) is 20.8 Å². The zero-order valence-electron chi connectivity index (χ0n) is 23.3. The second kappa shape index (κ2) is 11.5. The molecule has 0 aromatic heterocycles. The second-order valence-electron chi connectivity index (χ2n) is 10.3. The molecule has 194 valence electrons. The van der Waals surface area contributed by atoms with Crippen molar-refractivity contribution >= 4 is 27.7 Å². The van der Waals surface area contributed by atoms with Gasteiger partial charge in [0, 0.05) is 0 Å². The van der Waals surface area contributed by atoms with E-state index >= 15 is 0 Å². The molecule has 6 aromatic carbocycles. The fourth-order valence-corrected chi connectivity index (χ4v) is 12.6. The Morgan fingerprint density at radius 1 is 0.300 bits per heavy atom. The van der Waals surface area contributed by atoms with Crippen molar-refractivity contribution in [2.45, 2.75) is 20.8 Å². The summed E-state index contributed by atoms with van der Waals surface area (Å²) in [6.45, 7) is 6.93. The fraction of sp³-hybridized carbons (Fsp3) is 0.0769. The molecule has 0 aliphatic heterocycles. The molecule has 1 heteroatoms. The average molecular weight is 577 g/mol. The van der Waals surface area contributed by atoms with Crippen molar-refractivity contribution in [3.8, 4) is 33.4 Å². The maximum atomic E-state index is 2.33. The van der Waals surface area contributed by atoms with Gasteiger partial charge >= 0.3 is 244 Å². The Morgan fingerprint density at radius 2 is 0.575 bits per heavy atom. The van der Waals surface area contributed by atoms with Crippen LogP contribution in [0.5, 0.6) is 0 Å². The first-order valence-corrected chi connectivity index (χ1v) is 16.7. The van der Waals surface area contributed by atoms with Crippen LogP contribution in [-0.4, -0.2) is 14.7 Å². The quantitative estimate of drug-likeness (QED) is 0.176. The number of aryl methyl sites for hydroxylation is 3. The molecule has 0 aliphatic carbocycles. The topological polar surface area (TPSA) is 0 Å². The molecular weight excluding hydrogens is 543 g/mol. The van der Waals surface area contributed by atoms with E-state index in [1.54, 1.807) is 0 Å². The van der Waals surface area contributed by atoms with Crippen molar-refractivity contribution < 1.29 is 0 Å². The van der Waals surface area contributed by atoms with Gasteiger partial charge in [0.05, 0.1) is 0 Å². The molecule has 0 radical (unpaired) electrons. The van der Waals surface area contributed by atoms with Gasteiger partial charge in [-0.3, -0.25) is 0 Å². The van der Waals surface area contributed by atoms with Crippen LogP contribution in [-0.2, 0) is 0 Å². The molecule has 6 aromatic rings. The van der Waals surface area contributed by atoms with Crippen molar-refractivity contribution in [3.63, 3.8) is 0 Å². The normalized spacial score (nSPS) is 11.1. The molecule has 0 bridgehead atoms. The standard InChI is InChI=1S/C39H33As/c1-28-16-13-25-34(31-19-7-4-8-20-31)37(28)40(38-29(2)17-14-26-35(38)32-21-9-5-10-22-32)39-30(3)18-15-27-36(39)33-23-11-6-12-24-33/h4-27H,1-3H3. The van der Waals surface area contributed by atoms with E-state index in [1.165, 1.54) is 63.1 Å². The van der Waals surface area contributed by atoms with E-state index in [0.717, 1.165) is 0 Å². The van der Waals surface area contributed by atoms with Crippen LogP contribution in [0.2, 0.25) is 0 Å². The van der Waals surface area contributed by atoms with Gasteiger partial charge in [0.1, 0.15) is 0 Å². The van der Waals surface area contributed by atoms with E-state index < -0.39 is 14.7 Å². The van der Waals surface area contributed by atoms with Crippen molar-refractivity contribution in [2.75, 3.05) is 0 Å². The van der Waals surface area contributed by atoms with Gasteiger partial charge in [-0.15, -0.1) is 0 Å². The van der Waals surface area contributed by atoms with Crippen LogP contribution in [0.25, 0.3) is 33.4 Å². The summed E-state index contributed by atoms with van der Waals surface area (Å²) >= 11 is -2.16. The number of hydrogen-bond donors (Lipinski definition) is 0. The molecule has 40 heavy (non-hydrogen) atoms. The van der Waals surface area contributed by atoms with Crippen molar-refractivity contribution in [1.29, 1.82) is 0 Å². The summed E-state index contributed by atoms with van der Waals surface area (Å²) in [6.07, 6.45) is 0. The van der Waals surface area contributed by atoms with Gasteiger partial charge < -0.3 is 0 Å². The summed E-state index contributed by atoms with van der Waals surface area (Å²) in [5.74, 6) is 0. The number of hydrogen-bond acceptors (Lipinski definition) is 0. The van der Waals surface area contributed by atoms with E-state index in [0.29, 0.717) is 0 Å². The average Bonchev–Trinajstić information content (AvgIpc) is 3.00. The molecular formula is C39H33As. The van der Waals surface area contributed by atoms with Gasteiger partial charge in [-0.1, -0.05) is 0 Å². The third-order valence-corrected chi connectivity index (χ3v) is 14.2. The first-order valence-electron chi connectivity index (χ1n) is 13.9. The molecule has 0 N–H and O–H groups in total. The van der Waals surface area contributed by atoms with Crippen molar-refractivity contribution in [1.82, 2.24) is 0 Å². The van der Waals surface area contributed by atoms with Crippen LogP contribution < -0.4 is 13.1 Å². The van der Waals surface area contributed by atoms with Crippen molar-refractivity contribution in [3.05, 3.63) is 162 Å². The summed E-state index contributed by atoms with van der Waals surface area (Å²) in [5, 5.41) is 0. The van der Waals surface area contributed by atoms with Crippen molar-refractivity contribution in [2.24, 2.45) is 0 Å². The molecule has 0 saturated heterocycles. The summed E-state index contributed by atoms with van der Waals surface area (Å²) in [6, 6.07) is 53.4. The minimum atomic E-state index is -2.16. The van der Waals surface area contributed by atoms with Crippen LogP contribution in [0.4, 0.5) is 0 Å². The predicted octanol–water partition coefficient (Wildman–Crippen LogP) is 8.13. The molecule has 0 heterocycles. The Hall–Kier alpha value is -4.12. The summed E-state index contributed by atoms with van der Waals surface area (Å²) in [4.78, 5) is 0. The van der Waals surface area contributed by atoms with Gasteiger partial charge in [-0.25, -0.2) is 0 Å². The van der Waals surface area contributed by atoms with E-state index in [9.17, 15) is 0 Å². The number of benzene rings is 6. The molecule has 6 rings (SSSR count). The maximum absolute atomic E-state index is 2.33. The monoisotopic (exact) mass is 576 g/mol. The van der Waals surface area contributed by atoms with Gasteiger partial charge in [-0.2, -0.15) is 0 Å². The van der Waals surface area contributed by atoms with E-state index in [4.69, 9.17) is 0 Å². The van der Waals surface area contributed by atoms with Crippen LogP contribution in [0.3, 0.4) is 0 Å². The second-order valence-corrected chi connectivity index (χ2v) is 14.6. The molecule has 0 atom stereocenters. The van der Waals surface area contributed by atoms with E-state index in [2.05, 4.69) is 166 Å². The SMILES string of the molecule is Cc1cccc(-c2ccccc2)c1[As](c1c(C)cccc1-c1ccccc1)c1c(C)cccc1-c1ccccc1. The molecule has 0 spiro atoms. The summed E-state index contributed by atoms with van der Waals surface area (Å²) in [7, 11) is 0. The Balaban J connectivity index is 1.76. The van der Waals surface area contributed by atoms with Gasteiger partial charge in [0.15, 0.2) is 0 Å². The molecule has 0 amide bonds. The Bertz CT molecular complexity index is 1540. The fourth-order valence-electron chi connectivity index (χ4n) is 5.75. The van der Waals surface area contributed by atoms with Crippen LogP contribution in [0.15, 0.2) is 146 Å². The molecule has 0 fully saturated rings. The Morgan fingerprint density at radius 3 is 0.850 bits per heavy atom. The zero-order valence-corrected chi connectivity index (χ0v) is 25.2. The molecule has 0 unspecified atom stereocenters. The first kappa shape index (κ1) is 26.1. The summed E-state index contributed by atoms with van der Waals surface area (Å²) < 4.78 is 4.54. The van der Waals surface area contributed by atoms with Crippen LogP contribution >= 0.6 is 0 Å². The van der Waals surface area contributed by atoms with Gasteiger partial charge in [0.2, 0.25) is 0 Å². The first-order chi connectivity index (χ1) is 19.6. The summed E-state index contributed by atoms with van der Waals surface area (Å²) in [5.41, 5.74) is 12.0. The molecule has 0 aliphatic rings. The van der Waals surface area contributed by atoms with E-state index in [1.807, 2.05) is 0 Å². The zero-order chi connectivity index (χ0) is 27.5. The van der Waals surface area contributed by atoms with Crippen LogP contribution in [0.1, 0.15) is 16.7 Å².